The standard InChI is InChI=1S/C14H20N2O3/c1-10(2)15-8-11(3)9-19-14-7-5-6-13(12(14)4)16(17)18/h5-7,10,15H,3,8-9H2,1-2,4H3. The molecule has 0 aliphatic carbocycles. The highest BCUT2D eigenvalue weighted by Crippen LogP contribution is 2.27. The van der Waals surface area contributed by atoms with Gasteiger partial charge in [0.2, 0.25) is 0 Å². The number of hydrogen-bond donors (Lipinski definition) is 1. The van der Waals surface area contributed by atoms with E-state index in [1.54, 1.807) is 19.1 Å². The van der Waals surface area contributed by atoms with Crippen molar-refractivity contribution in [1.29, 1.82) is 0 Å². The van der Waals surface area contributed by atoms with Crippen LogP contribution in [-0.2, 0) is 0 Å². The molecule has 5 heteroatoms. The van der Waals surface area contributed by atoms with Crippen LogP contribution in [0.4, 0.5) is 5.69 Å². The molecule has 0 fully saturated rings. The van der Waals surface area contributed by atoms with Crippen LogP contribution in [0.5, 0.6) is 5.75 Å². The zero-order valence-corrected chi connectivity index (χ0v) is 11.6. The quantitative estimate of drug-likeness (QED) is 0.467. The zero-order chi connectivity index (χ0) is 14.4. The van der Waals surface area contributed by atoms with Crippen LogP contribution in [0.25, 0.3) is 0 Å². The van der Waals surface area contributed by atoms with Crippen LogP contribution in [0, 0.1) is 17.0 Å². The SMILES string of the molecule is C=C(CNC(C)C)COc1cccc([N+](=O)[O-])c1C. The third-order valence-electron chi connectivity index (χ3n) is 2.64. The first-order valence-electron chi connectivity index (χ1n) is 6.18. The normalized spacial score (nSPS) is 10.5. The predicted octanol–water partition coefficient (Wildman–Crippen LogP) is 2.84. The monoisotopic (exact) mass is 264 g/mol. The molecule has 0 aromatic heterocycles. The van der Waals surface area contributed by atoms with Crippen LogP contribution < -0.4 is 10.1 Å². The lowest BCUT2D eigenvalue weighted by Crippen LogP contribution is -2.26. The number of rotatable bonds is 7. The summed E-state index contributed by atoms with van der Waals surface area (Å²) in [5.41, 5.74) is 1.51. The van der Waals surface area contributed by atoms with Gasteiger partial charge in [0.05, 0.1) is 10.5 Å². The smallest absolute Gasteiger partial charge is 0.276 e. The van der Waals surface area contributed by atoms with Gasteiger partial charge in [-0.25, -0.2) is 0 Å². The molecular formula is C14H20N2O3. The summed E-state index contributed by atoms with van der Waals surface area (Å²) in [6.45, 7) is 10.7. The molecule has 0 atom stereocenters. The average molecular weight is 264 g/mol. The van der Waals surface area contributed by atoms with Crippen molar-refractivity contribution in [2.24, 2.45) is 0 Å². The second-order valence-electron chi connectivity index (χ2n) is 4.73. The Morgan fingerprint density at radius 3 is 2.79 bits per heavy atom. The second-order valence-corrected chi connectivity index (χ2v) is 4.73. The number of hydrogen-bond acceptors (Lipinski definition) is 4. The lowest BCUT2D eigenvalue weighted by atomic mass is 10.2. The van der Waals surface area contributed by atoms with Crippen molar-refractivity contribution < 1.29 is 9.66 Å². The van der Waals surface area contributed by atoms with E-state index in [0.29, 0.717) is 30.5 Å². The molecule has 0 radical (unpaired) electrons. The molecule has 0 bridgehead atoms. The number of nitrogens with zero attached hydrogens (tertiary/aromatic N) is 1. The van der Waals surface area contributed by atoms with E-state index in [-0.39, 0.29) is 5.69 Å². The van der Waals surface area contributed by atoms with Crippen LogP contribution in [0.1, 0.15) is 19.4 Å². The van der Waals surface area contributed by atoms with E-state index in [4.69, 9.17) is 4.74 Å². The van der Waals surface area contributed by atoms with Crippen LogP contribution >= 0.6 is 0 Å². The van der Waals surface area contributed by atoms with Crippen molar-refractivity contribution in [3.8, 4) is 5.75 Å². The van der Waals surface area contributed by atoms with Gasteiger partial charge >= 0.3 is 0 Å². The Hall–Kier alpha value is -1.88. The first kappa shape index (κ1) is 15.2. The fourth-order valence-corrected chi connectivity index (χ4v) is 1.54. The molecule has 0 saturated heterocycles. The van der Waals surface area contributed by atoms with Crippen LogP contribution in [0.3, 0.4) is 0 Å². The van der Waals surface area contributed by atoms with Crippen molar-refractivity contribution >= 4 is 5.69 Å². The van der Waals surface area contributed by atoms with E-state index in [1.165, 1.54) is 6.07 Å². The van der Waals surface area contributed by atoms with Gasteiger partial charge in [-0.15, -0.1) is 0 Å². The maximum absolute atomic E-state index is 10.8. The highest BCUT2D eigenvalue weighted by atomic mass is 16.6. The van der Waals surface area contributed by atoms with Gasteiger partial charge in [0, 0.05) is 18.7 Å². The Labute approximate surface area is 113 Å². The molecule has 104 valence electrons. The summed E-state index contributed by atoms with van der Waals surface area (Å²) >= 11 is 0. The first-order chi connectivity index (χ1) is 8.91. The average Bonchev–Trinajstić information content (AvgIpc) is 2.34. The molecule has 0 aliphatic rings. The van der Waals surface area contributed by atoms with E-state index in [1.807, 2.05) is 0 Å². The minimum atomic E-state index is -0.405. The van der Waals surface area contributed by atoms with Crippen LogP contribution in [0.2, 0.25) is 0 Å². The molecule has 0 aliphatic heterocycles. The van der Waals surface area contributed by atoms with Gasteiger partial charge < -0.3 is 10.1 Å². The molecule has 0 unspecified atom stereocenters. The molecule has 1 rings (SSSR count). The maximum Gasteiger partial charge on any atom is 0.276 e. The van der Waals surface area contributed by atoms with Gasteiger partial charge in [-0.3, -0.25) is 10.1 Å². The lowest BCUT2D eigenvalue weighted by Gasteiger charge is -2.13. The Balaban J connectivity index is 2.61. The summed E-state index contributed by atoms with van der Waals surface area (Å²) in [5.74, 6) is 0.528. The van der Waals surface area contributed by atoms with Crippen LogP contribution in [0.15, 0.2) is 30.4 Å². The summed E-state index contributed by atoms with van der Waals surface area (Å²) in [4.78, 5) is 10.4. The third-order valence-corrected chi connectivity index (χ3v) is 2.64. The molecule has 19 heavy (non-hydrogen) atoms. The van der Waals surface area contributed by atoms with Crippen molar-refractivity contribution in [3.05, 3.63) is 46.0 Å². The Bertz CT molecular complexity index is 470. The fourth-order valence-electron chi connectivity index (χ4n) is 1.54. The molecule has 0 amide bonds. The molecule has 0 spiro atoms. The topological polar surface area (TPSA) is 64.4 Å². The summed E-state index contributed by atoms with van der Waals surface area (Å²) in [7, 11) is 0. The van der Waals surface area contributed by atoms with Gasteiger partial charge in [0.25, 0.3) is 5.69 Å². The molecular weight excluding hydrogens is 244 g/mol. The molecule has 1 N–H and O–H groups in total. The summed E-state index contributed by atoms with van der Waals surface area (Å²) in [6, 6.07) is 5.20. The molecule has 0 saturated carbocycles. The zero-order valence-electron chi connectivity index (χ0n) is 11.6. The molecule has 1 aromatic carbocycles. The van der Waals surface area contributed by atoms with Gasteiger partial charge in [-0.05, 0) is 18.6 Å². The largest absolute Gasteiger partial charge is 0.489 e. The highest BCUT2D eigenvalue weighted by Gasteiger charge is 2.14. The first-order valence-corrected chi connectivity index (χ1v) is 6.18. The van der Waals surface area contributed by atoms with Crippen molar-refractivity contribution in [1.82, 2.24) is 5.32 Å². The lowest BCUT2D eigenvalue weighted by molar-refractivity contribution is -0.385. The number of nitro benzene ring substituents is 1. The highest BCUT2D eigenvalue weighted by molar-refractivity contribution is 5.48. The molecule has 5 nitrogen and oxygen atoms in total. The van der Waals surface area contributed by atoms with Crippen molar-refractivity contribution in [3.63, 3.8) is 0 Å². The van der Waals surface area contributed by atoms with Gasteiger partial charge in [0.15, 0.2) is 0 Å². The summed E-state index contributed by atoms with van der Waals surface area (Å²) in [6.07, 6.45) is 0. The fraction of sp³-hybridized carbons (Fsp3) is 0.429. The van der Waals surface area contributed by atoms with Gasteiger partial charge in [-0.2, -0.15) is 0 Å². The van der Waals surface area contributed by atoms with Gasteiger partial charge in [-0.1, -0.05) is 26.5 Å². The van der Waals surface area contributed by atoms with E-state index >= 15 is 0 Å². The Kier molecular flexibility index (Phi) is 5.51. The summed E-state index contributed by atoms with van der Waals surface area (Å²) in [5, 5.41) is 14.0. The number of ether oxygens (including phenoxy) is 1. The van der Waals surface area contributed by atoms with E-state index in [2.05, 4.69) is 25.7 Å². The molecule has 0 heterocycles. The van der Waals surface area contributed by atoms with E-state index < -0.39 is 4.92 Å². The van der Waals surface area contributed by atoms with Crippen molar-refractivity contribution in [2.45, 2.75) is 26.8 Å². The van der Waals surface area contributed by atoms with Crippen LogP contribution in [-0.4, -0.2) is 24.1 Å². The van der Waals surface area contributed by atoms with Gasteiger partial charge in [0.1, 0.15) is 12.4 Å². The van der Waals surface area contributed by atoms with E-state index in [0.717, 1.165) is 5.57 Å². The second kappa shape index (κ2) is 6.89. The predicted molar refractivity (Wildman–Crippen MR) is 75.6 cm³/mol. The maximum atomic E-state index is 10.8. The minimum Gasteiger partial charge on any atom is -0.489 e. The number of nitrogens with one attached hydrogen (secondary N) is 1. The number of benzene rings is 1. The Morgan fingerprint density at radius 2 is 2.21 bits per heavy atom. The Morgan fingerprint density at radius 1 is 1.53 bits per heavy atom. The minimum absolute atomic E-state index is 0.0726. The molecule has 1 aromatic rings. The number of nitro groups is 1. The summed E-state index contributed by atoms with van der Waals surface area (Å²) < 4.78 is 5.58. The van der Waals surface area contributed by atoms with E-state index in [9.17, 15) is 10.1 Å². The van der Waals surface area contributed by atoms with Crippen molar-refractivity contribution in [2.75, 3.05) is 13.2 Å². The third kappa shape index (κ3) is 4.71.